The van der Waals surface area contributed by atoms with Crippen molar-refractivity contribution >= 4 is 29.4 Å². The molecule has 0 amide bonds. The van der Waals surface area contributed by atoms with E-state index in [9.17, 15) is 9.59 Å². The molecule has 1 aromatic heterocycles. The Morgan fingerprint density at radius 2 is 2.06 bits per heavy atom. The molecule has 0 saturated heterocycles. The van der Waals surface area contributed by atoms with E-state index in [1.165, 1.54) is 11.3 Å². The molecule has 0 bridgehead atoms. The van der Waals surface area contributed by atoms with E-state index in [2.05, 4.69) is 4.98 Å². The molecule has 0 radical (unpaired) electrons. The van der Waals surface area contributed by atoms with Gasteiger partial charge in [0.15, 0.2) is 5.69 Å². The van der Waals surface area contributed by atoms with Crippen LogP contribution in [0.2, 0.25) is 0 Å². The molecule has 6 heteroatoms. The number of ether oxygens (including phenoxy) is 2. The second-order valence-electron chi connectivity index (χ2n) is 3.20. The largest absolute Gasteiger partial charge is 0.466 e. The van der Waals surface area contributed by atoms with Gasteiger partial charge in [0, 0.05) is 0 Å². The van der Waals surface area contributed by atoms with Crippen molar-refractivity contribution in [2.24, 2.45) is 0 Å². The predicted molar refractivity (Wildman–Crippen MR) is 68.4 cm³/mol. The smallest absolute Gasteiger partial charge is 0.358 e. The molecule has 98 valence electrons. The van der Waals surface area contributed by atoms with E-state index in [1.807, 2.05) is 0 Å². The van der Waals surface area contributed by atoms with Crippen molar-refractivity contribution in [1.29, 1.82) is 0 Å². The van der Waals surface area contributed by atoms with Gasteiger partial charge in [0.1, 0.15) is 0 Å². The summed E-state index contributed by atoms with van der Waals surface area (Å²) in [5, 5.41) is 0. The first-order valence-corrected chi connectivity index (χ1v) is 6.49. The summed E-state index contributed by atoms with van der Waals surface area (Å²) in [6.45, 7) is 4.16. The van der Waals surface area contributed by atoms with E-state index in [1.54, 1.807) is 31.5 Å². The lowest BCUT2D eigenvalue weighted by Crippen LogP contribution is -2.06. The summed E-state index contributed by atoms with van der Waals surface area (Å²) in [5.41, 5.74) is 1.85. The molecule has 0 aromatic carbocycles. The third-order valence-electron chi connectivity index (χ3n) is 1.92. The zero-order valence-corrected chi connectivity index (χ0v) is 11.2. The van der Waals surface area contributed by atoms with Gasteiger partial charge in [-0.05, 0) is 19.9 Å². The zero-order valence-electron chi connectivity index (χ0n) is 10.3. The van der Waals surface area contributed by atoms with Gasteiger partial charge in [0.05, 0.1) is 30.0 Å². The van der Waals surface area contributed by atoms with Crippen LogP contribution in [0.4, 0.5) is 0 Å². The van der Waals surface area contributed by atoms with Crippen molar-refractivity contribution in [3.8, 4) is 0 Å². The van der Waals surface area contributed by atoms with Gasteiger partial charge in [-0.3, -0.25) is 4.79 Å². The fourth-order valence-electron chi connectivity index (χ4n) is 1.21. The number of hydrogen-bond donors (Lipinski definition) is 0. The summed E-state index contributed by atoms with van der Waals surface area (Å²) in [6, 6.07) is 0. The van der Waals surface area contributed by atoms with Crippen LogP contribution in [0.3, 0.4) is 0 Å². The van der Waals surface area contributed by atoms with Crippen LogP contribution in [-0.2, 0) is 14.3 Å². The van der Waals surface area contributed by atoms with Crippen molar-refractivity contribution in [3.63, 3.8) is 0 Å². The van der Waals surface area contributed by atoms with Crippen LogP contribution in [0.15, 0.2) is 11.6 Å². The Hall–Kier alpha value is -1.69. The maximum absolute atomic E-state index is 11.5. The fourth-order valence-corrected chi connectivity index (χ4v) is 1.90. The number of esters is 2. The molecule has 0 N–H and O–H groups in total. The Morgan fingerprint density at radius 1 is 1.33 bits per heavy atom. The molecule has 0 saturated carbocycles. The quantitative estimate of drug-likeness (QED) is 0.741. The fraction of sp³-hybridized carbons (Fsp3) is 0.417. The Morgan fingerprint density at radius 3 is 2.72 bits per heavy atom. The Bertz CT molecular complexity index is 439. The summed E-state index contributed by atoms with van der Waals surface area (Å²) in [6.07, 6.45) is 3.50. The molecule has 5 nitrogen and oxygen atoms in total. The maximum Gasteiger partial charge on any atom is 0.358 e. The van der Waals surface area contributed by atoms with Gasteiger partial charge >= 0.3 is 11.9 Å². The number of aromatic nitrogens is 1. The third-order valence-corrected chi connectivity index (χ3v) is 2.72. The molecule has 1 heterocycles. The number of rotatable bonds is 6. The standard InChI is InChI=1S/C12H15NO4S/c1-3-16-10(14)7-5-6-9-11(13-8-18-9)12(15)17-4-2/h5-6,8H,3-4,7H2,1-2H3. The summed E-state index contributed by atoms with van der Waals surface area (Å²) in [5.74, 6) is -0.745. The normalized spacial score (nSPS) is 10.6. The number of thiazole rings is 1. The van der Waals surface area contributed by atoms with Gasteiger partial charge < -0.3 is 9.47 Å². The van der Waals surface area contributed by atoms with Gasteiger partial charge in [-0.25, -0.2) is 9.78 Å². The van der Waals surface area contributed by atoms with Crippen LogP contribution >= 0.6 is 11.3 Å². The number of carbonyl (C=O) groups excluding carboxylic acids is 2. The molecule has 0 aliphatic rings. The average molecular weight is 269 g/mol. The lowest BCUT2D eigenvalue weighted by Gasteiger charge is -1.99. The first-order valence-electron chi connectivity index (χ1n) is 5.61. The maximum atomic E-state index is 11.5. The number of carbonyl (C=O) groups is 2. The highest BCUT2D eigenvalue weighted by Crippen LogP contribution is 2.16. The summed E-state index contributed by atoms with van der Waals surface area (Å²) >= 11 is 1.32. The minimum Gasteiger partial charge on any atom is -0.466 e. The van der Waals surface area contributed by atoms with E-state index < -0.39 is 5.97 Å². The molecular formula is C12H15NO4S. The molecule has 18 heavy (non-hydrogen) atoms. The first-order chi connectivity index (χ1) is 8.69. The summed E-state index contributed by atoms with van der Waals surface area (Å²) < 4.78 is 9.66. The van der Waals surface area contributed by atoms with E-state index >= 15 is 0 Å². The second kappa shape index (κ2) is 7.60. The lowest BCUT2D eigenvalue weighted by atomic mass is 10.3. The SMILES string of the molecule is CCOC(=O)CC=Cc1scnc1C(=O)OCC. The molecule has 0 aliphatic heterocycles. The van der Waals surface area contributed by atoms with E-state index in [-0.39, 0.29) is 18.1 Å². The number of nitrogens with zero attached hydrogens (tertiary/aromatic N) is 1. The van der Waals surface area contributed by atoms with Crippen LogP contribution in [0.25, 0.3) is 6.08 Å². The minimum absolute atomic E-state index is 0.175. The van der Waals surface area contributed by atoms with Gasteiger partial charge in [-0.15, -0.1) is 11.3 Å². The van der Waals surface area contributed by atoms with Crippen LogP contribution in [0.1, 0.15) is 35.6 Å². The number of hydrogen-bond acceptors (Lipinski definition) is 6. The third kappa shape index (κ3) is 4.29. The van der Waals surface area contributed by atoms with Crippen molar-refractivity contribution in [3.05, 3.63) is 22.2 Å². The highest BCUT2D eigenvalue weighted by atomic mass is 32.1. The monoisotopic (exact) mass is 269 g/mol. The molecule has 1 aromatic rings. The summed E-state index contributed by atoms with van der Waals surface area (Å²) in [7, 11) is 0. The van der Waals surface area contributed by atoms with Gasteiger partial charge in [0.2, 0.25) is 0 Å². The minimum atomic E-state index is -0.450. The molecule has 0 atom stereocenters. The highest BCUT2D eigenvalue weighted by Gasteiger charge is 2.13. The van der Waals surface area contributed by atoms with E-state index in [0.717, 1.165) is 0 Å². The Balaban J connectivity index is 2.62. The first kappa shape index (κ1) is 14.4. The molecule has 0 aliphatic carbocycles. The Labute approximate surface area is 109 Å². The average Bonchev–Trinajstić information content (AvgIpc) is 2.78. The van der Waals surface area contributed by atoms with Gasteiger partial charge in [0.25, 0.3) is 0 Å². The summed E-state index contributed by atoms with van der Waals surface area (Å²) in [4.78, 5) is 27.3. The predicted octanol–water partition coefficient (Wildman–Crippen LogP) is 2.29. The van der Waals surface area contributed by atoms with Crippen molar-refractivity contribution in [2.75, 3.05) is 13.2 Å². The second-order valence-corrected chi connectivity index (χ2v) is 4.08. The van der Waals surface area contributed by atoms with E-state index in [4.69, 9.17) is 9.47 Å². The topological polar surface area (TPSA) is 65.5 Å². The van der Waals surface area contributed by atoms with Crippen molar-refractivity contribution in [1.82, 2.24) is 4.98 Å². The molecule has 0 spiro atoms. The van der Waals surface area contributed by atoms with E-state index in [0.29, 0.717) is 18.1 Å². The van der Waals surface area contributed by atoms with Gasteiger partial charge in [-0.2, -0.15) is 0 Å². The van der Waals surface area contributed by atoms with Crippen molar-refractivity contribution < 1.29 is 19.1 Å². The highest BCUT2D eigenvalue weighted by molar-refractivity contribution is 7.10. The van der Waals surface area contributed by atoms with Gasteiger partial charge in [-0.1, -0.05) is 6.08 Å². The zero-order chi connectivity index (χ0) is 13.4. The molecule has 0 unspecified atom stereocenters. The Kier molecular flexibility index (Phi) is 6.07. The van der Waals surface area contributed by atoms with Crippen LogP contribution in [0.5, 0.6) is 0 Å². The molecule has 1 rings (SSSR count). The molecule has 0 fully saturated rings. The lowest BCUT2D eigenvalue weighted by molar-refractivity contribution is -0.142. The van der Waals surface area contributed by atoms with Crippen LogP contribution in [0, 0.1) is 0 Å². The molecular weight excluding hydrogens is 254 g/mol. The van der Waals surface area contributed by atoms with Crippen LogP contribution in [-0.4, -0.2) is 30.1 Å². The van der Waals surface area contributed by atoms with Crippen LogP contribution < -0.4 is 0 Å². The van der Waals surface area contributed by atoms with Crippen molar-refractivity contribution in [2.45, 2.75) is 20.3 Å².